The molecule has 0 aliphatic carbocycles. The van der Waals surface area contributed by atoms with Gasteiger partial charge in [0, 0.05) is 31.4 Å². The summed E-state index contributed by atoms with van der Waals surface area (Å²) < 4.78 is 13.9. The zero-order chi connectivity index (χ0) is 14.7. The number of anilines is 2. The molecule has 1 heterocycles. The number of benzene rings is 1. The first kappa shape index (κ1) is 14.2. The number of hydrogen-bond acceptors (Lipinski definition) is 4. The lowest BCUT2D eigenvalue weighted by Crippen LogP contribution is -2.24. The Kier molecular flexibility index (Phi) is 4.17. The highest BCUT2D eigenvalue weighted by molar-refractivity contribution is 5.50. The Balaban J connectivity index is 2.36. The Morgan fingerprint density at radius 3 is 2.65 bits per heavy atom. The molecular weight excluding hydrogens is 255 g/mol. The van der Waals surface area contributed by atoms with E-state index < -0.39 is 0 Å². The Morgan fingerprint density at radius 2 is 2.00 bits per heavy atom. The molecule has 0 aliphatic rings. The number of aromatic nitrogens is 2. The number of nitrogens with zero attached hydrogens (tertiary/aromatic N) is 3. The fourth-order valence-electron chi connectivity index (χ4n) is 2.12. The molecule has 0 saturated carbocycles. The summed E-state index contributed by atoms with van der Waals surface area (Å²) >= 11 is 0. The normalized spacial score (nSPS) is 12.1. The molecule has 1 aromatic heterocycles. The third-order valence-corrected chi connectivity index (χ3v) is 3.44. The Hall–Kier alpha value is -2.17. The second-order valence-electron chi connectivity index (χ2n) is 4.76. The number of halogens is 1. The van der Waals surface area contributed by atoms with E-state index in [4.69, 9.17) is 0 Å². The van der Waals surface area contributed by atoms with Crippen LogP contribution in [-0.2, 0) is 0 Å². The van der Waals surface area contributed by atoms with Crippen molar-refractivity contribution in [2.45, 2.75) is 19.9 Å². The summed E-state index contributed by atoms with van der Waals surface area (Å²) in [6.07, 6.45) is 1.76. The van der Waals surface area contributed by atoms with Crippen LogP contribution in [0.5, 0.6) is 0 Å². The largest absolute Gasteiger partial charge is 0.357 e. The molecule has 5 heteroatoms. The quantitative estimate of drug-likeness (QED) is 0.929. The van der Waals surface area contributed by atoms with Gasteiger partial charge in [-0.25, -0.2) is 9.37 Å². The number of aryl methyl sites for hydroxylation is 1. The van der Waals surface area contributed by atoms with Crippen LogP contribution in [0.3, 0.4) is 0 Å². The van der Waals surface area contributed by atoms with E-state index in [0.29, 0.717) is 11.5 Å². The topological polar surface area (TPSA) is 41.1 Å². The molecule has 4 nitrogen and oxygen atoms in total. The van der Waals surface area contributed by atoms with Gasteiger partial charge in [-0.3, -0.25) is 0 Å². The highest BCUT2D eigenvalue weighted by Crippen LogP contribution is 2.27. The van der Waals surface area contributed by atoms with Crippen LogP contribution in [0.1, 0.15) is 24.1 Å². The van der Waals surface area contributed by atoms with E-state index in [9.17, 15) is 4.39 Å². The standard InChI is InChI=1S/C15H19FN4/c1-10-9-18-15(17-3)19-14(10)20(4)11(2)12-7-5-6-8-13(12)16/h5-9,11H,1-4H3,(H,17,18,19). The molecule has 20 heavy (non-hydrogen) atoms. The van der Waals surface area contributed by atoms with E-state index in [1.807, 2.05) is 31.9 Å². The first-order valence-corrected chi connectivity index (χ1v) is 6.53. The summed E-state index contributed by atoms with van der Waals surface area (Å²) in [5.74, 6) is 1.14. The SMILES string of the molecule is CNc1ncc(C)c(N(C)C(C)c2ccccc2F)n1. The molecule has 2 aromatic rings. The minimum absolute atomic E-state index is 0.116. The zero-order valence-corrected chi connectivity index (χ0v) is 12.2. The first-order chi connectivity index (χ1) is 9.54. The van der Waals surface area contributed by atoms with Gasteiger partial charge in [-0.05, 0) is 19.9 Å². The van der Waals surface area contributed by atoms with Gasteiger partial charge in [0.25, 0.3) is 0 Å². The zero-order valence-electron chi connectivity index (χ0n) is 12.2. The van der Waals surface area contributed by atoms with Crippen molar-refractivity contribution in [2.24, 2.45) is 0 Å². The van der Waals surface area contributed by atoms with Gasteiger partial charge in [0.2, 0.25) is 5.95 Å². The molecule has 0 bridgehead atoms. The van der Waals surface area contributed by atoms with Crippen molar-refractivity contribution in [1.29, 1.82) is 0 Å². The van der Waals surface area contributed by atoms with Gasteiger partial charge in [-0.15, -0.1) is 0 Å². The summed E-state index contributed by atoms with van der Waals surface area (Å²) in [6.45, 7) is 3.90. The summed E-state index contributed by atoms with van der Waals surface area (Å²) in [5.41, 5.74) is 1.61. The summed E-state index contributed by atoms with van der Waals surface area (Å²) in [4.78, 5) is 10.6. The van der Waals surface area contributed by atoms with Crippen LogP contribution >= 0.6 is 0 Å². The van der Waals surface area contributed by atoms with E-state index in [-0.39, 0.29) is 11.9 Å². The lowest BCUT2D eigenvalue weighted by molar-refractivity contribution is 0.583. The maximum absolute atomic E-state index is 13.9. The molecule has 0 saturated heterocycles. The molecule has 106 valence electrons. The van der Waals surface area contributed by atoms with Gasteiger partial charge in [-0.2, -0.15) is 4.98 Å². The van der Waals surface area contributed by atoms with Crippen LogP contribution in [0.15, 0.2) is 30.5 Å². The second-order valence-corrected chi connectivity index (χ2v) is 4.76. The van der Waals surface area contributed by atoms with Crippen LogP contribution in [0.2, 0.25) is 0 Å². The highest BCUT2D eigenvalue weighted by atomic mass is 19.1. The van der Waals surface area contributed by atoms with Crippen molar-refractivity contribution < 1.29 is 4.39 Å². The van der Waals surface area contributed by atoms with E-state index in [2.05, 4.69) is 15.3 Å². The molecule has 2 rings (SSSR count). The molecule has 0 amide bonds. The van der Waals surface area contributed by atoms with Gasteiger partial charge in [-0.1, -0.05) is 18.2 Å². The summed E-state index contributed by atoms with van der Waals surface area (Å²) in [7, 11) is 3.68. The van der Waals surface area contributed by atoms with Crippen LogP contribution in [0.25, 0.3) is 0 Å². The number of nitrogens with one attached hydrogen (secondary N) is 1. The molecule has 0 fully saturated rings. The van der Waals surface area contributed by atoms with E-state index in [1.165, 1.54) is 6.07 Å². The first-order valence-electron chi connectivity index (χ1n) is 6.53. The number of hydrogen-bond donors (Lipinski definition) is 1. The molecule has 1 unspecified atom stereocenters. The van der Waals surface area contributed by atoms with Crippen LogP contribution in [-0.4, -0.2) is 24.1 Å². The van der Waals surface area contributed by atoms with Crippen molar-refractivity contribution in [2.75, 3.05) is 24.3 Å². The van der Waals surface area contributed by atoms with Gasteiger partial charge in [0.05, 0.1) is 6.04 Å². The maximum Gasteiger partial charge on any atom is 0.224 e. The maximum atomic E-state index is 13.9. The lowest BCUT2D eigenvalue weighted by atomic mass is 10.1. The van der Waals surface area contributed by atoms with Crippen molar-refractivity contribution in [3.8, 4) is 0 Å². The summed E-state index contributed by atoms with van der Waals surface area (Å²) in [6, 6.07) is 6.70. The minimum Gasteiger partial charge on any atom is -0.357 e. The smallest absolute Gasteiger partial charge is 0.224 e. The monoisotopic (exact) mass is 274 g/mol. The molecule has 0 radical (unpaired) electrons. The predicted octanol–water partition coefficient (Wildman–Crippen LogP) is 3.16. The summed E-state index contributed by atoms with van der Waals surface area (Å²) in [5, 5.41) is 2.92. The Morgan fingerprint density at radius 1 is 1.30 bits per heavy atom. The molecular formula is C15H19FN4. The van der Waals surface area contributed by atoms with E-state index in [1.54, 1.807) is 25.4 Å². The fraction of sp³-hybridized carbons (Fsp3) is 0.333. The Labute approximate surface area is 118 Å². The molecule has 0 aliphatic heterocycles. The van der Waals surface area contributed by atoms with Gasteiger partial charge in [0.1, 0.15) is 11.6 Å². The highest BCUT2D eigenvalue weighted by Gasteiger charge is 2.18. The predicted molar refractivity (Wildman–Crippen MR) is 79.5 cm³/mol. The van der Waals surface area contributed by atoms with Crippen molar-refractivity contribution >= 4 is 11.8 Å². The Bertz CT molecular complexity index is 600. The van der Waals surface area contributed by atoms with Gasteiger partial charge >= 0.3 is 0 Å². The van der Waals surface area contributed by atoms with Gasteiger partial charge < -0.3 is 10.2 Å². The third-order valence-electron chi connectivity index (χ3n) is 3.44. The van der Waals surface area contributed by atoms with Crippen LogP contribution < -0.4 is 10.2 Å². The average molecular weight is 274 g/mol. The van der Waals surface area contributed by atoms with E-state index >= 15 is 0 Å². The second kappa shape index (κ2) is 5.86. The van der Waals surface area contributed by atoms with Gasteiger partial charge in [0.15, 0.2) is 0 Å². The fourth-order valence-corrected chi connectivity index (χ4v) is 2.12. The average Bonchev–Trinajstić information content (AvgIpc) is 2.47. The molecule has 1 atom stereocenters. The molecule has 0 spiro atoms. The molecule has 1 aromatic carbocycles. The van der Waals surface area contributed by atoms with E-state index in [0.717, 1.165) is 11.4 Å². The lowest BCUT2D eigenvalue weighted by Gasteiger charge is -2.28. The minimum atomic E-state index is -0.201. The number of rotatable bonds is 4. The van der Waals surface area contributed by atoms with Crippen molar-refractivity contribution in [1.82, 2.24) is 9.97 Å². The van der Waals surface area contributed by atoms with Crippen LogP contribution in [0, 0.1) is 12.7 Å². The third kappa shape index (κ3) is 2.71. The van der Waals surface area contributed by atoms with Crippen molar-refractivity contribution in [3.63, 3.8) is 0 Å². The molecule has 1 N–H and O–H groups in total. The van der Waals surface area contributed by atoms with Crippen molar-refractivity contribution in [3.05, 3.63) is 47.4 Å². The van der Waals surface area contributed by atoms with Crippen LogP contribution in [0.4, 0.5) is 16.2 Å².